The molecule has 2 aliphatic heterocycles. The van der Waals surface area contributed by atoms with E-state index >= 15 is 0 Å². The third-order valence-electron chi connectivity index (χ3n) is 5.09. The van der Waals surface area contributed by atoms with Crippen molar-refractivity contribution in [2.45, 2.75) is 25.8 Å². The zero-order chi connectivity index (χ0) is 20.7. The molecular weight excluding hydrogens is 396 g/mol. The lowest BCUT2D eigenvalue weighted by Gasteiger charge is -2.24. The Morgan fingerprint density at radius 3 is 2.87 bits per heavy atom. The van der Waals surface area contributed by atoms with Crippen LogP contribution < -0.4 is 14.8 Å². The van der Waals surface area contributed by atoms with Crippen molar-refractivity contribution in [2.75, 3.05) is 6.79 Å². The number of nitrogens with zero attached hydrogens (tertiary/aromatic N) is 2. The number of carbonyl (C=O) groups is 1. The molecule has 1 N–H and O–H groups in total. The van der Waals surface area contributed by atoms with Crippen molar-refractivity contribution in [2.24, 2.45) is 0 Å². The van der Waals surface area contributed by atoms with Gasteiger partial charge in [-0.15, -0.1) is 0 Å². The molecule has 0 radical (unpaired) electrons. The maximum atomic E-state index is 13.7. The van der Waals surface area contributed by atoms with Gasteiger partial charge < -0.3 is 19.5 Å². The molecule has 1 aromatic heterocycles. The van der Waals surface area contributed by atoms with Crippen LogP contribution in [-0.4, -0.2) is 22.5 Å². The Morgan fingerprint density at radius 2 is 2.00 bits per heavy atom. The molecule has 0 saturated heterocycles. The molecule has 0 bridgehead atoms. The maximum absolute atomic E-state index is 13.7. The van der Waals surface area contributed by atoms with Gasteiger partial charge >= 0.3 is 0 Å². The molecule has 2 aromatic carbocycles. The summed E-state index contributed by atoms with van der Waals surface area (Å²) in [6.45, 7) is 0.873. The summed E-state index contributed by atoms with van der Waals surface area (Å²) < 4.78 is 45.1. The van der Waals surface area contributed by atoms with Crippen molar-refractivity contribution in [3.05, 3.63) is 76.6 Å². The first-order valence-electron chi connectivity index (χ1n) is 9.37. The van der Waals surface area contributed by atoms with E-state index in [9.17, 15) is 13.6 Å². The normalized spacial score (nSPS) is 16.9. The van der Waals surface area contributed by atoms with E-state index in [0.29, 0.717) is 24.7 Å². The van der Waals surface area contributed by atoms with Crippen LogP contribution >= 0.6 is 0 Å². The van der Waals surface area contributed by atoms with Gasteiger partial charge in [-0.2, -0.15) is 5.10 Å². The highest BCUT2D eigenvalue weighted by Gasteiger charge is 2.26. The van der Waals surface area contributed by atoms with Crippen molar-refractivity contribution in [3.8, 4) is 11.5 Å². The topological polar surface area (TPSA) is 74.6 Å². The minimum absolute atomic E-state index is 0.0660. The van der Waals surface area contributed by atoms with E-state index < -0.39 is 17.5 Å². The van der Waals surface area contributed by atoms with Gasteiger partial charge in [-0.25, -0.2) is 8.78 Å². The van der Waals surface area contributed by atoms with E-state index in [1.165, 1.54) is 6.07 Å². The van der Waals surface area contributed by atoms with Crippen molar-refractivity contribution in [1.29, 1.82) is 0 Å². The third kappa shape index (κ3) is 3.48. The summed E-state index contributed by atoms with van der Waals surface area (Å²) in [4.78, 5) is 12.4. The number of halogens is 2. The van der Waals surface area contributed by atoms with E-state index in [0.717, 1.165) is 23.4 Å². The number of amides is 1. The van der Waals surface area contributed by atoms with Gasteiger partial charge in [-0.3, -0.25) is 9.48 Å². The Hall–Kier alpha value is -3.46. The molecular formula is C21H17F2N3O4. The van der Waals surface area contributed by atoms with Crippen LogP contribution in [0.25, 0.3) is 0 Å². The summed E-state index contributed by atoms with van der Waals surface area (Å²) in [7, 11) is 0. The molecule has 2 aliphatic rings. The van der Waals surface area contributed by atoms with Gasteiger partial charge in [0.05, 0.1) is 18.8 Å². The zero-order valence-corrected chi connectivity index (χ0v) is 15.7. The molecule has 0 spiro atoms. The number of rotatable bonds is 4. The number of hydrogen-bond donors (Lipinski definition) is 1. The average molecular weight is 413 g/mol. The van der Waals surface area contributed by atoms with Crippen LogP contribution in [0.4, 0.5) is 8.78 Å². The van der Waals surface area contributed by atoms with Gasteiger partial charge in [0.25, 0.3) is 5.91 Å². The number of fused-ring (bicyclic) bond motifs is 2. The second-order valence-corrected chi connectivity index (χ2v) is 7.03. The van der Waals surface area contributed by atoms with E-state index in [4.69, 9.17) is 14.2 Å². The number of hydrogen-bond acceptors (Lipinski definition) is 5. The largest absolute Gasteiger partial charge is 0.454 e. The molecule has 0 saturated carbocycles. The molecule has 7 nitrogen and oxygen atoms in total. The van der Waals surface area contributed by atoms with Crippen LogP contribution in [0.2, 0.25) is 0 Å². The predicted octanol–water partition coefficient (Wildman–Crippen LogP) is 3.09. The molecule has 1 atom stereocenters. The molecule has 1 amide bonds. The van der Waals surface area contributed by atoms with Crippen LogP contribution in [0, 0.1) is 11.6 Å². The summed E-state index contributed by atoms with van der Waals surface area (Å²) >= 11 is 0. The smallest absolute Gasteiger partial charge is 0.272 e. The summed E-state index contributed by atoms with van der Waals surface area (Å²) in [6.07, 6.45) is -0.240. The number of ether oxygens (including phenoxy) is 3. The lowest BCUT2D eigenvalue weighted by atomic mass is 10.1. The maximum Gasteiger partial charge on any atom is 0.272 e. The second kappa shape index (κ2) is 7.42. The highest BCUT2D eigenvalue weighted by Crippen LogP contribution is 2.36. The minimum atomic E-state index is -0.709. The molecule has 1 unspecified atom stereocenters. The first-order valence-corrected chi connectivity index (χ1v) is 9.37. The highest BCUT2D eigenvalue weighted by atomic mass is 19.1. The van der Waals surface area contributed by atoms with Crippen molar-refractivity contribution < 1.29 is 27.8 Å². The van der Waals surface area contributed by atoms with Gasteiger partial charge in [0.2, 0.25) is 6.79 Å². The molecule has 154 valence electrons. The van der Waals surface area contributed by atoms with Gasteiger partial charge in [0.15, 0.2) is 17.2 Å². The predicted molar refractivity (Wildman–Crippen MR) is 99.9 cm³/mol. The van der Waals surface area contributed by atoms with Crippen LogP contribution in [0.1, 0.15) is 33.4 Å². The molecule has 0 fully saturated rings. The summed E-state index contributed by atoms with van der Waals surface area (Å²) in [5.41, 5.74) is 2.10. The van der Waals surface area contributed by atoms with E-state index in [1.807, 2.05) is 18.2 Å². The average Bonchev–Trinajstić information content (AvgIpc) is 3.38. The Bertz CT molecular complexity index is 1130. The Balaban J connectivity index is 1.27. The van der Waals surface area contributed by atoms with Gasteiger partial charge in [0.1, 0.15) is 17.7 Å². The monoisotopic (exact) mass is 413 g/mol. The lowest BCUT2D eigenvalue weighted by Crippen LogP contribution is -2.24. The number of nitrogens with one attached hydrogen (secondary N) is 1. The fourth-order valence-corrected chi connectivity index (χ4v) is 3.48. The molecule has 3 heterocycles. The first-order chi connectivity index (χ1) is 14.6. The van der Waals surface area contributed by atoms with E-state index in [2.05, 4.69) is 10.4 Å². The van der Waals surface area contributed by atoms with Crippen molar-refractivity contribution >= 4 is 5.91 Å². The fraction of sp³-hybridized carbons (Fsp3) is 0.238. The van der Waals surface area contributed by atoms with Gasteiger partial charge in [-0.05, 0) is 29.8 Å². The van der Waals surface area contributed by atoms with Gasteiger partial charge in [-0.1, -0.05) is 12.1 Å². The lowest BCUT2D eigenvalue weighted by molar-refractivity contribution is -0.00128. The molecule has 5 rings (SSSR count). The Kier molecular flexibility index (Phi) is 4.59. The van der Waals surface area contributed by atoms with Crippen LogP contribution in [0.5, 0.6) is 11.5 Å². The zero-order valence-electron chi connectivity index (χ0n) is 15.7. The summed E-state index contributed by atoms with van der Waals surface area (Å²) in [5.74, 6) is -0.442. The quantitative estimate of drug-likeness (QED) is 0.712. The molecule has 9 heteroatoms. The number of benzene rings is 2. The summed E-state index contributed by atoms with van der Waals surface area (Å²) in [5, 5.41) is 6.97. The molecule has 0 aliphatic carbocycles. The standard InChI is InChI=1S/C21H17F2N3O4/c22-14-3-1-13(16(23)6-14)8-24-21(27)17-7-15-10-28-20(9-26(15)25-17)12-2-4-18-19(5-12)30-11-29-18/h1-7,20H,8-11H2,(H,24,27). The number of aromatic nitrogens is 2. The summed E-state index contributed by atoms with van der Waals surface area (Å²) in [6, 6.07) is 10.5. The fourth-order valence-electron chi connectivity index (χ4n) is 3.48. The van der Waals surface area contributed by atoms with Crippen molar-refractivity contribution in [3.63, 3.8) is 0 Å². The number of carbonyl (C=O) groups excluding carboxylic acids is 1. The van der Waals surface area contributed by atoms with Crippen molar-refractivity contribution in [1.82, 2.24) is 15.1 Å². The minimum Gasteiger partial charge on any atom is -0.454 e. The van der Waals surface area contributed by atoms with Crippen LogP contribution in [0.15, 0.2) is 42.5 Å². The van der Waals surface area contributed by atoms with Crippen LogP contribution in [-0.2, 0) is 24.4 Å². The first kappa shape index (κ1) is 18.6. The Morgan fingerprint density at radius 1 is 1.13 bits per heavy atom. The third-order valence-corrected chi connectivity index (χ3v) is 5.09. The Labute approximate surface area is 170 Å². The van der Waals surface area contributed by atoms with Crippen LogP contribution in [0.3, 0.4) is 0 Å². The van der Waals surface area contributed by atoms with Gasteiger partial charge in [0, 0.05) is 18.2 Å². The highest BCUT2D eigenvalue weighted by molar-refractivity contribution is 5.92. The SMILES string of the molecule is O=C(NCc1ccc(F)cc1F)c1cc2n(n1)CC(c1ccc3c(c1)OCO3)OC2. The van der Waals surface area contributed by atoms with E-state index in [-0.39, 0.29) is 30.7 Å². The molecule has 3 aromatic rings. The van der Waals surface area contributed by atoms with E-state index in [1.54, 1.807) is 10.7 Å². The second-order valence-electron chi connectivity index (χ2n) is 7.03. The molecule has 30 heavy (non-hydrogen) atoms.